The number of rotatable bonds is 8. The van der Waals surface area contributed by atoms with Gasteiger partial charge in [0.05, 0.1) is 18.6 Å². The smallest absolute Gasteiger partial charge is 0.321 e. The highest BCUT2D eigenvalue weighted by atomic mass is 32.2. The van der Waals surface area contributed by atoms with Crippen LogP contribution in [-0.2, 0) is 24.8 Å². The molecule has 0 aromatic heterocycles. The van der Waals surface area contributed by atoms with Crippen LogP contribution in [0, 0.1) is 0 Å². The summed E-state index contributed by atoms with van der Waals surface area (Å²) in [5.74, 6) is -1.38. The van der Waals surface area contributed by atoms with Crippen LogP contribution in [-0.4, -0.2) is 46.8 Å². The molecule has 0 fully saturated rings. The first kappa shape index (κ1) is 19.2. The van der Waals surface area contributed by atoms with Crippen molar-refractivity contribution < 1.29 is 31.5 Å². The standard InChI is InChI=1S/C12H18N2O7S2/c1-4-22(17,18)14-10-7-9(21-3)5-6-11(10)23(19,20)13-8(2)12(15)16/h5-8,13-14H,4H2,1-3H3,(H,15,16)/t8-/m0/s1. The Hall–Kier alpha value is -1.85. The monoisotopic (exact) mass is 366 g/mol. The van der Waals surface area contributed by atoms with Gasteiger partial charge in [0.1, 0.15) is 16.7 Å². The summed E-state index contributed by atoms with van der Waals surface area (Å²) in [5.41, 5.74) is -0.226. The second kappa shape index (κ2) is 7.15. The van der Waals surface area contributed by atoms with E-state index in [-0.39, 0.29) is 17.2 Å². The molecular weight excluding hydrogens is 348 g/mol. The van der Waals surface area contributed by atoms with E-state index in [0.29, 0.717) is 0 Å². The van der Waals surface area contributed by atoms with Gasteiger partial charge in [-0.05, 0) is 26.0 Å². The fraction of sp³-hybridized carbons (Fsp3) is 0.417. The lowest BCUT2D eigenvalue weighted by atomic mass is 10.3. The summed E-state index contributed by atoms with van der Waals surface area (Å²) in [7, 11) is -6.65. The molecule has 130 valence electrons. The van der Waals surface area contributed by atoms with E-state index in [9.17, 15) is 21.6 Å². The Morgan fingerprint density at radius 2 is 1.91 bits per heavy atom. The average molecular weight is 366 g/mol. The fourth-order valence-electron chi connectivity index (χ4n) is 1.54. The highest BCUT2D eigenvalue weighted by molar-refractivity contribution is 7.93. The molecule has 0 aliphatic heterocycles. The summed E-state index contributed by atoms with van der Waals surface area (Å²) in [5, 5.41) is 8.81. The van der Waals surface area contributed by atoms with E-state index in [0.717, 1.165) is 13.0 Å². The Bertz CT molecular complexity index is 788. The van der Waals surface area contributed by atoms with Gasteiger partial charge in [-0.25, -0.2) is 16.8 Å². The zero-order valence-corrected chi connectivity index (χ0v) is 14.4. The van der Waals surface area contributed by atoms with Gasteiger partial charge in [0.15, 0.2) is 0 Å². The van der Waals surface area contributed by atoms with E-state index in [1.807, 2.05) is 4.72 Å². The fourth-order valence-corrected chi connectivity index (χ4v) is 3.59. The maximum atomic E-state index is 12.3. The van der Waals surface area contributed by atoms with E-state index < -0.39 is 37.0 Å². The summed E-state index contributed by atoms with van der Waals surface area (Å²) < 4.78 is 57.1. The molecule has 0 aliphatic carbocycles. The van der Waals surface area contributed by atoms with Gasteiger partial charge >= 0.3 is 5.97 Å². The Labute approximate surface area is 134 Å². The van der Waals surface area contributed by atoms with E-state index in [1.54, 1.807) is 0 Å². The highest BCUT2D eigenvalue weighted by Crippen LogP contribution is 2.27. The van der Waals surface area contributed by atoms with E-state index in [2.05, 4.69) is 4.72 Å². The number of carbonyl (C=O) groups is 1. The molecule has 0 bridgehead atoms. The van der Waals surface area contributed by atoms with Crippen molar-refractivity contribution in [2.75, 3.05) is 17.6 Å². The van der Waals surface area contributed by atoms with Crippen LogP contribution in [0.1, 0.15) is 13.8 Å². The maximum absolute atomic E-state index is 12.3. The van der Waals surface area contributed by atoms with E-state index in [1.165, 1.54) is 26.2 Å². The highest BCUT2D eigenvalue weighted by Gasteiger charge is 2.25. The van der Waals surface area contributed by atoms with Gasteiger partial charge in [-0.1, -0.05) is 0 Å². The SMILES string of the molecule is CCS(=O)(=O)Nc1cc(OC)ccc1S(=O)(=O)N[C@@H](C)C(=O)O. The summed E-state index contributed by atoms with van der Waals surface area (Å²) in [6.07, 6.45) is 0. The molecule has 3 N–H and O–H groups in total. The van der Waals surface area contributed by atoms with Gasteiger partial charge in [0.2, 0.25) is 20.0 Å². The van der Waals surface area contributed by atoms with Crippen molar-refractivity contribution in [1.82, 2.24) is 4.72 Å². The first-order valence-corrected chi connectivity index (χ1v) is 9.59. The largest absolute Gasteiger partial charge is 0.497 e. The lowest BCUT2D eigenvalue weighted by molar-refractivity contribution is -0.138. The molecule has 0 saturated heterocycles. The molecular formula is C12H18N2O7S2. The molecule has 11 heteroatoms. The number of benzene rings is 1. The molecule has 0 spiro atoms. The van der Waals surface area contributed by atoms with Gasteiger partial charge in [0.25, 0.3) is 0 Å². The van der Waals surface area contributed by atoms with Crippen molar-refractivity contribution in [2.45, 2.75) is 24.8 Å². The van der Waals surface area contributed by atoms with Crippen molar-refractivity contribution in [1.29, 1.82) is 0 Å². The number of methoxy groups -OCH3 is 1. The molecule has 0 aliphatic rings. The van der Waals surface area contributed by atoms with Crippen LogP contribution in [0.2, 0.25) is 0 Å². The predicted molar refractivity (Wildman–Crippen MR) is 83.5 cm³/mol. The summed E-state index contributed by atoms with van der Waals surface area (Å²) in [6.45, 7) is 2.54. The molecule has 0 heterocycles. The number of hydrogen-bond donors (Lipinski definition) is 3. The van der Waals surface area contributed by atoms with Gasteiger partial charge in [0, 0.05) is 6.07 Å². The van der Waals surface area contributed by atoms with Crippen molar-refractivity contribution in [3.05, 3.63) is 18.2 Å². The molecule has 0 radical (unpaired) electrons. The number of aliphatic carboxylic acids is 1. The second-order valence-electron chi connectivity index (χ2n) is 4.55. The maximum Gasteiger partial charge on any atom is 0.321 e. The molecule has 1 aromatic rings. The molecule has 23 heavy (non-hydrogen) atoms. The number of anilines is 1. The molecule has 1 rings (SSSR count). The van der Waals surface area contributed by atoms with E-state index >= 15 is 0 Å². The van der Waals surface area contributed by atoms with Crippen molar-refractivity contribution in [2.24, 2.45) is 0 Å². The zero-order chi connectivity index (χ0) is 17.8. The average Bonchev–Trinajstić information content (AvgIpc) is 2.45. The number of nitrogens with one attached hydrogen (secondary N) is 2. The number of ether oxygens (including phenoxy) is 1. The molecule has 1 atom stereocenters. The van der Waals surface area contributed by atoms with E-state index in [4.69, 9.17) is 9.84 Å². The molecule has 0 amide bonds. The number of carboxylic acid groups (broad SMARTS) is 1. The van der Waals surface area contributed by atoms with Crippen molar-refractivity contribution >= 4 is 31.7 Å². The number of carboxylic acids is 1. The van der Waals surface area contributed by atoms with Crippen LogP contribution < -0.4 is 14.2 Å². The second-order valence-corrected chi connectivity index (χ2v) is 8.24. The summed E-state index contributed by atoms with van der Waals surface area (Å²) >= 11 is 0. The van der Waals surface area contributed by atoms with Crippen LogP contribution in [0.15, 0.2) is 23.1 Å². The lowest BCUT2D eigenvalue weighted by Crippen LogP contribution is -2.38. The predicted octanol–water partition coefficient (Wildman–Crippen LogP) is 0.208. The number of hydrogen-bond acceptors (Lipinski definition) is 6. The van der Waals surface area contributed by atoms with Gasteiger partial charge in [-0.15, -0.1) is 0 Å². The first-order chi connectivity index (χ1) is 10.5. The summed E-state index contributed by atoms with van der Waals surface area (Å²) in [6, 6.07) is 2.28. The molecule has 0 unspecified atom stereocenters. The van der Waals surface area contributed by atoms with Crippen LogP contribution >= 0.6 is 0 Å². The Morgan fingerprint density at radius 3 is 2.39 bits per heavy atom. The molecule has 0 saturated carbocycles. The number of sulfonamides is 2. The topological polar surface area (TPSA) is 139 Å². The minimum Gasteiger partial charge on any atom is -0.497 e. The Kier molecular flexibility index (Phi) is 5.97. The van der Waals surface area contributed by atoms with Crippen LogP contribution in [0.5, 0.6) is 5.75 Å². The van der Waals surface area contributed by atoms with Gasteiger partial charge < -0.3 is 9.84 Å². The van der Waals surface area contributed by atoms with Gasteiger partial charge in [-0.3, -0.25) is 9.52 Å². The van der Waals surface area contributed by atoms with Crippen molar-refractivity contribution in [3.63, 3.8) is 0 Å². The Balaban J connectivity index is 3.37. The van der Waals surface area contributed by atoms with Crippen molar-refractivity contribution in [3.8, 4) is 5.75 Å². The third kappa shape index (κ3) is 5.08. The lowest BCUT2D eigenvalue weighted by Gasteiger charge is -2.15. The molecule has 9 nitrogen and oxygen atoms in total. The summed E-state index contributed by atoms with van der Waals surface area (Å²) in [4.78, 5) is 10.4. The third-order valence-corrected chi connectivity index (χ3v) is 5.71. The minimum atomic E-state index is -4.25. The first-order valence-electron chi connectivity index (χ1n) is 6.46. The minimum absolute atomic E-state index is 0.226. The normalized spacial score (nSPS) is 13.3. The van der Waals surface area contributed by atoms with Gasteiger partial charge in [-0.2, -0.15) is 4.72 Å². The quantitative estimate of drug-likeness (QED) is 0.597. The third-order valence-electron chi connectivity index (χ3n) is 2.82. The Morgan fingerprint density at radius 1 is 1.30 bits per heavy atom. The van der Waals surface area contributed by atoms with Crippen LogP contribution in [0.4, 0.5) is 5.69 Å². The molecule has 1 aromatic carbocycles. The van der Waals surface area contributed by atoms with Crippen LogP contribution in [0.25, 0.3) is 0 Å². The van der Waals surface area contributed by atoms with Crippen LogP contribution in [0.3, 0.4) is 0 Å². The zero-order valence-electron chi connectivity index (χ0n) is 12.7.